The Bertz CT molecular complexity index is 1250. The number of imidazole rings is 1. The average Bonchev–Trinajstić information content (AvgIpc) is 3.38. The second kappa shape index (κ2) is 8.42. The van der Waals surface area contributed by atoms with Crippen LogP contribution in [0.3, 0.4) is 0 Å². The molecule has 2 heterocycles. The number of fused-ring (bicyclic) bond motifs is 1. The summed E-state index contributed by atoms with van der Waals surface area (Å²) >= 11 is 0. The molecule has 3 aromatic rings. The van der Waals surface area contributed by atoms with Crippen LogP contribution in [0, 0.1) is 22.2 Å². The molecule has 1 amide bonds. The van der Waals surface area contributed by atoms with E-state index in [0.29, 0.717) is 12.1 Å². The first-order chi connectivity index (χ1) is 15.9. The lowest BCUT2D eigenvalue weighted by Crippen LogP contribution is -2.45. The monoisotopic (exact) mass is 469 g/mol. The van der Waals surface area contributed by atoms with Gasteiger partial charge in [0, 0.05) is 26.2 Å². The minimum Gasteiger partial charge on any atom is -0.465 e. The third-order valence-electron chi connectivity index (χ3n) is 6.96. The number of anilines is 1. The standard InChI is InChI=1S/C25H29F2N5O2/c1-23(14-31-16-30-19-6-5-17(12-28)11-20(19)31)8-4-9-24(2,13-23)15-32(22(33)34)21-18(7-10-29-21)25(3,26)27/h5-7,10-11,16,29H,4,8-9,13-15H2,1-3H3,(H,33,34). The Labute approximate surface area is 197 Å². The van der Waals surface area contributed by atoms with Gasteiger partial charge in [0.15, 0.2) is 0 Å². The van der Waals surface area contributed by atoms with Gasteiger partial charge in [-0.3, -0.25) is 4.90 Å². The van der Waals surface area contributed by atoms with Gasteiger partial charge in [0.2, 0.25) is 0 Å². The third kappa shape index (κ3) is 4.63. The number of nitrogens with one attached hydrogen (secondary N) is 1. The van der Waals surface area contributed by atoms with E-state index in [4.69, 9.17) is 0 Å². The summed E-state index contributed by atoms with van der Waals surface area (Å²) in [6.45, 7) is 5.77. The molecule has 180 valence electrons. The zero-order valence-electron chi connectivity index (χ0n) is 19.6. The predicted octanol–water partition coefficient (Wildman–Crippen LogP) is 6.12. The highest BCUT2D eigenvalue weighted by Gasteiger charge is 2.43. The molecular formula is C25H29F2N5O2. The fraction of sp³-hybridized carbons (Fsp3) is 0.480. The molecule has 7 nitrogen and oxygen atoms in total. The Morgan fingerprint density at radius 2 is 2.06 bits per heavy atom. The Kier molecular flexibility index (Phi) is 5.88. The normalized spacial score (nSPS) is 23.1. The zero-order chi connectivity index (χ0) is 24.7. The maximum Gasteiger partial charge on any atom is 0.412 e. The SMILES string of the molecule is CC1(CN(C(=O)O)c2[nH]ccc2C(C)(F)F)CCCC(C)(Cn2cnc3ccc(C#N)cc32)C1. The highest BCUT2D eigenvalue weighted by atomic mass is 19.3. The zero-order valence-corrected chi connectivity index (χ0v) is 19.6. The molecule has 9 heteroatoms. The van der Waals surface area contributed by atoms with Crippen molar-refractivity contribution in [1.82, 2.24) is 14.5 Å². The van der Waals surface area contributed by atoms with E-state index < -0.39 is 17.4 Å². The van der Waals surface area contributed by atoms with Crippen LogP contribution in [0.25, 0.3) is 11.0 Å². The van der Waals surface area contributed by atoms with E-state index in [1.807, 2.05) is 19.1 Å². The molecule has 1 aliphatic rings. The number of carbonyl (C=O) groups is 1. The summed E-state index contributed by atoms with van der Waals surface area (Å²) in [4.78, 5) is 20.3. The van der Waals surface area contributed by atoms with Crippen molar-refractivity contribution in [3.05, 3.63) is 47.9 Å². The van der Waals surface area contributed by atoms with Gasteiger partial charge in [0.1, 0.15) is 5.82 Å². The number of nitrogens with zero attached hydrogens (tertiary/aromatic N) is 4. The summed E-state index contributed by atoms with van der Waals surface area (Å²) in [6.07, 6.45) is 5.25. The van der Waals surface area contributed by atoms with Gasteiger partial charge in [-0.05, 0) is 54.4 Å². The molecular weight excluding hydrogens is 440 g/mol. The van der Waals surface area contributed by atoms with E-state index in [9.17, 15) is 23.9 Å². The van der Waals surface area contributed by atoms with Gasteiger partial charge in [0.25, 0.3) is 5.92 Å². The maximum atomic E-state index is 14.1. The molecule has 1 aromatic carbocycles. The third-order valence-corrected chi connectivity index (χ3v) is 6.96. The van der Waals surface area contributed by atoms with Crippen LogP contribution >= 0.6 is 0 Å². The lowest BCUT2D eigenvalue weighted by atomic mass is 9.63. The van der Waals surface area contributed by atoms with Gasteiger partial charge in [0.05, 0.1) is 34.6 Å². The number of H-pyrrole nitrogens is 1. The van der Waals surface area contributed by atoms with E-state index in [2.05, 4.69) is 27.5 Å². The molecule has 2 unspecified atom stereocenters. The second-order valence-electron chi connectivity index (χ2n) is 10.3. The quantitative estimate of drug-likeness (QED) is 0.454. The van der Waals surface area contributed by atoms with Crippen molar-refractivity contribution in [3.63, 3.8) is 0 Å². The fourth-order valence-electron chi connectivity index (χ4n) is 5.64. The van der Waals surface area contributed by atoms with Gasteiger partial charge < -0.3 is 14.7 Å². The summed E-state index contributed by atoms with van der Waals surface area (Å²) in [7, 11) is 0. The van der Waals surface area contributed by atoms with Crippen LogP contribution in [0.4, 0.5) is 19.4 Å². The lowest BCUT2D eigenvalue weighted by Gasteiger charge is -2.46. The molecule has 2 aromatic heterocycles. The summed E-state index contributed by atoms with van der Waals surface area (Å²) in [5.74, 6) is -3.23. The molecule has 2 atom stereocenters. The lowest BCUT2D eigenvalue weighted by molar-refractivity contribution is 0.0179. The van der Waals surface area contributed by atoms with Crippen LogP contribution in [-0.2, 0) is 12.5 Å². The number of hydrogen-bond donors (Lipinski definition) is 2. The van der Waals surface area contributed by atoms with Gasteiger partial charge in [-0.15, -0.1) is 0 Å². The van der Waals surface area contributed by atoms with Crippen LogP contribution in [-0.4, -0.2) is 32.3 Å². The van der Waals surface area contributed by atoms with Crippen molar-refractivity contribution < 1.29 is 18.7 Å². The smallest absolute Gasteiger partial charge is 0.412 e. The number of amides is 1. The Morgan fingerprint density at radius 3 is 2.74 bits per heavy atom. The van der Waals surface area contributed by atoms with Gasteiger partial charge in [-0.1, -0.05) is 20.3 Å². The summed E-state index contributed by atoms with van der Waals surface area (Å²) in [5, 5.41) is 19.2. The average molecular weight is 470 g/mol. The van der Waals surface area contributed by atoms with E-state index in [-0.39, 0.29) is 23.3 Å². The molecule has 1 fully saturated rings. The number of nitriles is 1. The molecule has 0 radical (unpaired) electrons. The number of hydrogen-bond acceptors (Lipinski definition) is 3. The number of alkyl halides is 2. The van der Waals surface area contributed by atoms with Gasteiger partial charge in [-0.25, -0.2) is 18.6 Å². The molecule has 1 aliphatic carbocycles. The number of benzene rings is 1. The molecule has 1 saturated carbocycles. The van der Waals surface area contributed by atoms with Gasteiger partial charge >= 0.3 is 6.09 Å². The summed E-state index contributed by atoms with van der Waals surface area (Å²) in [6, 6.07) is 8.81. The van der Waals surface area contributed by atoms with Crippen molar-refractivity contribution >= 4 is 22.9 Å². The fourth-order valence-corrected chi connectivity index (χ4v) is 5.64. The Morgan fingerprint density at radius 1 is 1.32 bits per heavy atom. The highest BCUT2D eigenvalue weighted by Crippen LogP contribution is 2.48. The Balaban J connectivity index is 1.59. The van der Waals surface area contributed by atoms with Crippen LogP contribution in [0.5, 0.6) is 0 Å². The van der Waals surface area contributed by atoms with Crippen molar-refractivity contribution in [2.24, 2.45) is 10.8 Å². The van der Waals surface area contributed by atoms with Crippen molar-refractivity contribution in [1.29, 1.82) is 5.26 Å². The highest BCUT2D eigenvalue weighted by molar-refractivity contribution is 5.86. The Hall–Kier alpha value is -3.41. The minimum atomic E-state index is -3.16. The first kappa shape index (κ1) is 23.7. The van der Waals surface area contributed by atoms with Crippen molar-refractivity contribution in [3.8, 4) is 6.07 Å². The number of aromatic amines is 1. The van der Waals surface area contributed by atoms with Crippen LogP contribution in [0.15, 0.2) is 36.8 Å². The number of carboxylic acid groups (broad SMARTS) is 1. The van der Waals surface area contributed by atoms with Crippen LogP contribution in [0.1, 0.15) is 57.6 Å². The molecule has 34 heavy (non-hydrogen) atoms. The predicted molar refractivity (Wildman–Crippen MR) is 125 cm³/mol. The largest absolute Gasteiger partial charge is 0.465 e. The molecule has 0 spiro atoms. The second-order valence-corrected chi connectivity index (χ2v) is 10.3. The molecule has 0 bridgehead atoms. The van der Waals surface area contributed by atoms with E-state index in [1.54, 1.807) is 12.4 Å². The summed E-state index contributed by atoms with van der Waals surface area (Å²) < 4.78 is 30.2. The van der Waals surface area contributed by atoms with Crippen LogP contribution in [0.2, 0.25) is 0 Å². The molecule has 2 N–H and O–H groups in total. The maximum absolute atomic E-state index is 14.1. The van der Waals surface area contributed by atoms with E-state index in [1.165, 1.54) is 12.3 Å². The molecule has 0 aliphatic heterocycles. The van der Waals surface area contributed by atoms with Crippen molar-refractivity contribution in [2.75, 3.05) is 11.4 Å². The number of rotatable bonds is 6. The minimum absolute atomic E-state index is 0.0712. The van der Waals surface area contributed by atoms with E-state index in [0.717, 1.165) is 48.5 Å². The van der Waals surface area contributed by atoms with E-state index >= 15 is 0 Å². The van der Waals surface area contributed by atoms with Crippen molar-refractivity contribution in [2.45, 2.75) is 58.9 Å². The first-order valence-electron chi connectivity index (χ1n) is 11.3. The topological polar surface area (TPSA) is 97.9 Å². The summed E-state index contributed by atoms with van der Waals surface area (Å²) in [5.41, 5.74) is 1.40. The van der Waals surface area contributed by atoms with Gasteiger partial charge in [-0.2, -0.15) is 5.26 Å². The molecule has 4 rings (SSSR count). The van der Waals surface area contributed by atoms with Crippen LogP contribution < -0.4 is 4.90 Å². The first-order valence-corrected chi connectivity index (χ1v) is 11.3. The number of aromatic nitrogens is 3. The molecule has 0 saturated heterocycles. The number of halogens is 2.